The summed E-state index contributed by atoms with van der Waals surface area (Å²) in [7, 11) is 1.29. The van der Waals surface area contributed by atoms with E-state index in [2.05, 4.69) is 10.1 Å². The van der Waals surface area contributed by atoms with E-state index < -0.39 is 10.9 Å². The molecule has 0 aromatic heterocycles. The molecule has 1 aromatic carbocycles. The third-order valence-electron chi connectivity index (χ3n) is 2.00. The van der Waals surface area contributed by atoms with Crippen molar-refractivity contribution in [1.82, 2.24) is 5.32 Å². The van der Waals surface area contributed by atoms with E-state index in [1.165, 1.54) is 13.2 Å². The van der Waals surface area contributed by atoms with Crippen molar-refractivity contribution in [2.75, 3.05) is 13.7 Å². The van der Waals surface area contributed by atoms with Crippen LogP contribution in [0.1, 0.15) is 5.56 Å². The number of ether oxygens (including phenoxy) is 1. The van der Waals surface area contributed by atoms with Crippen molar-refractivity contribution in [1.29, 1.82) is 0 Å². The summed E-state index contributed by atoms with van der Waals surface area (Å²) >= 11 is 0. The van der Waals surface area contributed by atoms with Crippen molar-refractivity contribution in [3.63, 3.8) is 0 Å². The zero-order valence-electron chi connectivity index (χ0n) is 8.80. The van der Waals surface area contributed by atoms with E-state index in [0.29, 0.717) is 5.56 Å². The summed E-state index contributed by atoms with van der Waals surface area (Å²) in [5, 5.41) is 13.4. The molecule has 0 unspecified atom stereocenters. The van der Waals surface area contributed by atoms with Gasteiger partial charge < -0.3 is 10.1 Å². The molecule has 0 saturated heterocycles. The normalized spacial score (nSPS) is 9.81. The van der Waals surface area contributed by atoms with Gasteiger partial charge in [0.2, 0.25) is 0 Å². The quantitative estimate of drug-likeness (QED) is 0.455. The smallest absolute Gasteiger partial charge is 0.319 e. The molecule has 0 amide bonds. The van der Waals surface area contributed by atoms with Crippen molar-refractivity contribution in [3.8, 4) is 0 Å². The first-order chi connectivity index (χ1) is 7.65. The number of carbonyl (C=O) groups excluding carboxylic acids is 1. The van der Waals surface area contributed by atoms with Gasteiger partial charge in [-0.3, -0.25) is 14.9 Å². The molecule has 0 aliphatic heterocycles. The third kappa shape index (κ3) is 3.32. The fourth-order valence-corrected chi connectivity index (χ4v) is 1.21. The molecular formula is C10H12N2O4. The van der Waals surface area contributed by atoms with Crippen LogP contribution < -0.4 is 5.32 Å². The van der Waals surface area contributed by atoms with Crippen LogP contribution >= 0.6 is 0 Å². The van der Waals surface area contributed by atoms with Gasteiger partial charge in [0.1, 0.15) is 0 Å². The first-order valence-electron chi connectivity index (χ1n) is 4.65. The summed E-state index contributed by atoms with van der Waals surface area (Å²) in [6, 6.07) is 6.38. The Morgan fingerprint density at radius 1 is 1.50 bits per heavy atom. The van der Waals surface area contributed by atoms with Crippen LogP contribution in [0.2, 0.25) is 0 Å². The largest absolute Gasteiger partial charge is 0.468 e. The Morgan fingerprint density at radius 3 is 2.81 bits per heavy atom. The lowest BCUT2D eigenvalue weighted by Gasteiger charge is -2.04. The molecule has 6 nitrogen and oxygen atoms in total. The minimum absolute atomic E-state index is 0.0303. The summed E-state index contributed by atoms with van der Waals surface area (Å²) in [5.41, 5.74) is 0.580. The lowest BCUT2D eigenvalue weighted by molar-refractivity contribution is -0.385. The molecule has 0 heterocycles. The minimum Gasteiger partial charge on any atom is -0.468 e. The molecule has 0 aliphatic rings. The molecule has 0 fully saturated rings. The van der Waals surface area contributed by atoms with Gasteiger partial charge in [-0.05, 0) is 0 Å². The van der Waals surface area contributed by atoms with Crippen molar-refractivity contribution < 1.29 is 14.5 Å². The van der Waals surface area contributed by atoms with Crippen LogP contribution in [0.5, 0.6) is 0 Å². The zero-order valence-corrected chi connectivity index (χ0v) is 8.80. The van der Waals surface area contributed by atoms with Gasteiger partial charge in [-0.15, -0.1) is 0 Å². The average molecular weight is 224 g/mol. The van der Waals surface area contributed by atoms with Crippen molar-refractivity contribution >= 4 is 11.7 Å². The Kier molecular flexibility index (Phi) is 4.41. The molecule has 0 radical (unpaired) electrons. The molecular weight excluding hydrogens is 212 g/mol. The van der Waals surface area contributed by atoms with E-state index in [0.717, 1.165) is 0 Å². The highest BCUT2D eigenvalue weighted by Gasteiger charge is 2.11. The van der Waals surface area contributed by atoms with Crippen LogP contribution in [0.3, 0.4) is 0 Å². The highest BCUT2D eigenvalue weighted by molar-refractivity contribution is 5.71. The van der Waals surface area contributed by atoms with Crippen LogP contribution in [0.15, 0.2) is 24.3 Å². The van der Waals surface area contributed by atoms with E-state index in [9.17, 15) is 14.9 Å². The predicted molar refractivity (Wildman–Crippen MR) is 56.8 cm³/mol. The number of nitrogens with one attached hydrogen (secondary N) is 1. The monoisotopic (exact) mass is 224 g/mol. The van der Waals surface area contributed by atoms with E-state index >= 15 is 0 Å². The van der Waals surface area contributed by atoms with Gasteiger partial charge in [-0.25, -0.2) is 0 Å². The fraction of sp³-hybridized carbons (Fsp3) is 0.300. The van der Waals surface area contributed by atoms with Crippen molar-refractivity contribution in [2.45, 2.75) is 6.54 Å². The first-order valence-corrected chi connectivity index (χ1v) is 4.65. The highest BCUT2D eigenvalue weighted by atomic mass is 16.6. The molecule has 16 heavy (non-hydrogen) atoms. The van der Waals surface area contributed by atoms with Gasteiger partial charge in [0, 0.05) is 18.2 Å². The summed E-state index contributed by atoms with van der Waals surface area (Å²) < 4.78 is 4.43. The molecule has 0 saturated carbocycles. The minimum atomic E-state index is -0.449. The van der Waals surface area contributed by atoms with E-state index in [-0.39, 0.29) is 18.8 Å². The van der Waals surface area contributed by atoms with E-state index in [1.807, 2.05) is 0 Å². The Bertz CT molecular complexity index is 392. The fourth-order valence-electron chi connectivity index (χ4n) is 1.21. The number of nitrogens with zero attached hydrogens (tertiary/aromatic N) is 1. The number of para-hydroxylation sites is 1. The van der Waals surface area contributed by atoms with Gasteiger partial charge >= 0.3 is 5.97 Å². The van der Waals surface area contributed by atoms with Crippen LogP contribution in [-0.2, 0) is 16.1 Å². The Balaban J connectivity index is 2.60. The lowest BCUT2D eigenvalue weighted by atomic mass is 10.2. The topological polar surface area (TPSA) is 81.5 Å². The SMILES string of the molecule is COC(=O)CNCc1ccccc1[N+](=O)[O-]. The summed E-state index contributed by atoms with van der Waals surface area (Å²) in [6.07, 6.45) is 0. The number of hydrogen-bond donors (Lipinski definition) is 1. The number of esters is 1. The molecule has 1 aromatic rings. The second-order valence-electron chi connectivity index (χ2n) is 3.07. The molecule has 86 valence electrons. The molecule has 1 rings (SSSR count). The maximum absolute atomic E-state index is 10.8. The standard InChI is InChI=1S/C10H12N2O4/c1-16-10(13)7-11-6-8-4-2-3-5-9(8)12(14)15/h2-5,11H,6-7H2,1H3. The first kappa shape index (κ1) is 12.1. The number of benzene rings is 1. The maximum Gasteiger partial charge on any atom is 0.319 e. The van der Waals surface area contributed by atoms with Crippen molar-refractivity contribution in [2.24, 2.45) is 0 Å². The number of carbonyl (C=O) groups is 1. The highest BCUT2D eigenvalue weighted by Crippen LogP contribution is 2.16. The average Bonchev–Trinajstić information content (AvgIpc) is 2.29. The maximum atomic E-state index is 10.8. The molecule has 6 heteroatoms. The molecule has 1 N–H and O–H groups in total. The van der Waals surface area contributed by atoms with E-state index in [1.54, 1.807) is 18.2 Å². The van der Waals surface area contributed by atoms with Gasteiger partial charge in [0.05, 0.1) is 18.6 Å². The summed E-state index contributed by atoms with van der Waals surface area (Å²) in [6.45, 7) is 0.287. The molecule has 0 atom stereocenters. The number of hydrogen-bond acceptors (Lipinski definition) is 5. The van der Waals surface area contributed by atoms with Gasteiger partial charge in [-0.1, -0.05) is 18.2 Å². The van der Waals surface area contributed by atoms with Gasteiger partial charge in [0.15, 0.2) is 0 Å². The summed E-state index contributed by atoms with van der Waals surface area (Å²) in [5.74, 6) is -0.404. The number of nitro benzene ring substituents is 1. The van der Waals surface area contributed by atoms with E-state index in [4.69, 9.17) is 0 Å². The Morgan fingerprint density at radius 2 is 2.19 bits per heavy atom. The number of rotatable bonds is 5. The Hall–Kier alpha value is -1.95. The molecule has 0 bridgehead atoms. The zero-order chi connectivity index (χ0) is 12.0. The lowest BCUT2D eigenvalue weighted by Crippen LogP contribution is -2.23. The second-order valence-corrected chi connectivity index (χ2v) is 3.07. The third-order valence-corrected chi connectivity index (χ3v) is 2.00. The van der Waals surface area contributed by atoms with Crippen molar-refractivity contribution in [3.05, 3.63) is 39.9 Å². The van der Waals surface area contributed by atoms with Gasteiger partial charge in [0.25, 0.3) is 5.69 Å². The summed E-state index contributed by atoms with van der Waals surface area (Å²) in [4.78, 5) is 21.0. The van der Waals surface area contributed by atoms with Crippen LogP contribution in [0, 0.1) is 10.1 Å². The van der Waals surface area contributed by atoms with Crippen LogP contribution in [0.25, 0.3) is 0 Å². The second kappa shape index (κ2) is 5.82. The Labute approximate surface area is 92.4 Å². The molecule has 0 spiro atoms. The van der Waals surface area contributed by atoms with Crippen LogP contribution in [-0.4, -0.2) is 24.5 Å². The van der Waals surface area contributed by atoms with Crippen LogP contribution in [0.4, 0.5) is 5.69 Å². The number of methoxy groups -OCH3 is 1. The molecule has 0 aliphatic carbocycles. The predicted octanol–water partition coefficient (Wildman–Crippen LogP) is 0.857. The van der Waals surface area contributed by atoms with Gasteiger partial charge in [-0.2, -0.15) is 0 Å². The number of nitro groups is 1.